The molecule has 1 unspecified atom stereocenters. The lowest BCUT2D eigenvalue weighted by atomic mass is 9.89. The third-order valence-electron chi connectivity index (χ3n) is 3.97. The van der Waals surface area contributed by atoms with E-state index in [4.69, 9.17) is 0 Å². The normalized spacial score (nSPS) is 23.1. The van der Waals surface area contributed by atoms with Crippen LogP contribution in [0.25, 0.3) is 0 Å². The van der Waals surface area contributed by atoms with E-state index < -0.39 is 5.54 Å². The number of nitrogens with zero attached hydrogens (tertiary/aromatic N) is 1. The molecule has 3 heteroatoms. The van der Waals surface area contributed by atoms with Crippen molar-refractivity contribution in [2.75, 3.05) is 18.0 Å². The summed E-state index contributed by atoms with van der Waals surface area (Å²) >= 11 is 0. The number of nitrogens with one attached hydrogen (secondary N) is 1. The molecule has 0 radical (unpaired) electrons. The van der Waals surface area contributed by atoms with Crippen molar-refractivity contribution in [3.8, 4) is 0 Å². The van der Waals surface area contributed by atoms with E-state index in [1.807, 2.05) is 30.9 Å². The lowest BCUT2D eigenvalue weighted by Crippen LogP contribution is -2.58. The maximum Gasteiger partial charge on any atom is 0.246 e. The molecule has 1 N–H and O–H groups in total. The van der Waals surface area contributed by atoms with E-state index in [1.165, 1.54) is 12.0 Å². The summed E-state index contributed by atoms with van der Waals surface area (Å²) in [5.74, 6) is 0.195. The highest BCUT2D eigenvalue weighted by Crippen LogP contribution is 2.25. The topological polar surface area (TPSA) is 32.3 Å². The van der Waals surface area contributed by atoms with E-state index in [1.54, 1.807) is 0 Å². The molecule has 19 heavy (non-hydrogen) atoms. The van der Waals surface area contributed by atoms with Gasteiger partial charge >= 0.3 is 0 Å². The number of hydrogen-bond donors (Lipinski definition) is 1. The maximum absolute atomic E-state index is 12.8. The molecule has 0 aromatic heterocycles. The van der Waals surface area contributed by atoms with Gasteiger partial charge in [-0.15, -0.1) is 0 Å². The molecule has 0 aliphatic carbocycles. The number of amides is 1. The van der Waals surface area contributed by atoms with Gasteiger partial charge in [0.05, 0.1) is 5.54 Å². The summed E-state index contributed by atoms with van der Waals surface area (Å²) in [6, 6.07) is 8.16. The van der Waals surface area contributed by atoms with Gasteiger partial charge in [0.15, 0.2) is 0 Å². The summed E-state index contributed by atoms with van der Waals surface area (Å²) in [6.07, 6.45) is 3.22. The Morgan fingerprint density at radius 1 is 1.42 bits per heavy atom. The van der Waals surface area contributed by atoms with E-state index >= 15 is 0 Å². The molecular weight excluding hydrogens is 236 g/mol. The third-order valence-corrected chi connectivity index (χ3v) is 3.97. The zero-order valence-corrected chi connectivity index (χ0v) is 12.2. The van der Waals surface area contributed by atoms with Gasteiger partial charge in [0, 0.05) is 12.2 Å². The van der Waals surface area contributed by atoms with E-state index in [2.05, 4.69) is 24.4 Å². The van der Waals surface area contributed by atoms with Gasteiger partial charge in [-0.1, -0.05) is 12.1 Å². The highest BCUT2D eigenvalue weighted by atomic mass is 16.2. The Morgan fingerprint density at radius 2 is 2.21 bits per heavy atom. The van der Waals surface area contributed by atoms with E-state index in [0.29, 0.717) is 6.54 Å². The minimum absolute atomic E-state index is 0.195. The largest absolute Gasteiger partial charge is 0.311 e. The van der Waals surface area contributed by atoms with E-state index in [0.717, 1.165) is 25.1 Å². The molecule has 0 spiro atoms. The Morgan fingerprint density at radius 3 is 2.79 bits per heavy atom. The minimum Gasteiger partial charge on any atom is -0.311 e. The zero-order chi connectivity index (χ0) is 13.9. The quantitative estimate of drug-likeness (QED) is 0.906. The van der Waals surface area contributed by atoms with Gasteiger partial charge in [0.2, 0.25) is 5.91 Å². The molecule has 1 aliphatic rings. The van der Waals surface area contributed by atoms with Gasteiger partial charge in [-0.2, -0.15) is 0 Å². The fourth-order valence-electron chi connectivity index (χ4n) is 2.78. The number of anilines is 1. The third kappa shape index (κ3) is 2.98. The lowest BCUT2D eigenvalue weighted by molar-refractivity contribution is -0.125. The summed E-state index contributed by atoms with van der Waals surface area (Å²) in [6.45, 7) is 7.77. The summed E-state index contributed by atoms with van der Waals surface area (Å²) < 4.78 is 0. The van der Waals surface area contributed by atoms with Crippen molar-refractivity contribution in [2.24, 2.45) is 0 Å². The number of piperidine rings is 1. The van der Waals surface area contributed by atoms with Gasteiger partial charge in [-0.3, -0.25) is 4.79 Å². The van der Waals surface area contributed by atoms with Crippen LogP contribution < -0.4 is 10.2 Å². The van der Waals surface area contributed by atoms with Gasteiger partial charge < -0.3 is 10.2 Å². The van der Waals surface area contributed by atoms with Crippen LogP contribution in [-0.4, -0.2) is 24.5 Å². The molecule has 1 atom stereocenters. The fourth-order valence-corrected chi connectivity index (χ4v) is 2.78. The summed E-state index contributed by atoms with van der Waals surface area (Å²) in [5.41, 5.74) is 1.78. The fraction of sp³-hybridized carbons (Fsp3) is 0.562. The number of hydrogen-bond acceptors (Lipinski definition) is 2. The maximum atomic E-state index is 12.8. The highest BCUT2D eigenvalue weighted by molar-refractivity contribution is 6.00. The molecule has 0 bridgehead atoms. The number of carbonyl (C=O) groups is 1. The molecule has 1 saturated heterocycles. The molecular formula is C16H24N2O. The monoisotopic (exact) mass is 260 g/mol. The van der Waals surface area contributed by atoms with Crippen LogP contribution in [-0.2, 0) is 4.79 Å². The summed E-state index contributed by atoms with van der Waals surface area (Å²) in [4.78, 5) is 14.7. The number of benzene rings is 1. The molecule has 1 heterocycles. The Bertz CT molecular complexity index is 450. The van der Waals surface area contributed by atoms with Gasteiger partial charge in [-0.05, 0) is 64.3 Å². The van der Waals surface area contributed by atoms with Gasteiger partial charge in [-0.25, -0.2) is 0 Å². The van der Waals surface area contributed by atoms with Crippen molar-refractivity contribution in [1.82, 2.24) is 5.32 Å². The van der Waals surface area contributed by atoms with Crippen LogP contribution in [0.3, 0.4) is 0 Å². The van der Waals surface area contributed by atoms with Crippen molar-refractivity contribution in [3.63, 3.8) is 0 Å². The van der Waals surface area contributed by atoms with E-state index in [-0.39, 0.29) is 5.91 Å². The number of carbonyl (C=O) groups excluding carboxylic acids is 1. The first-order chi connectivity index (χ1) is 9.07. The first kappa shape index (κ1) is 14.1. The molecule has 1 aromatic carbocycles. The van der Waals surface area contributed by atoms with Gasteiger partial charge in [0.1, 0.15) is 0 Å². The summed E-state index contributed by atoms with van der Waals surface area (Å²) in [5, 5.41) is 3.40. The Labute approximate surface area is 116 Å². The van der Waals surface area contributed by atoms with Crippen LogP contribution >= 0.6 is 0 Å². The highest BCUT2D eigenvalue weighted by Gasteiger charge is 2.37. The predicted octanol–water partition coefficient (Wildman–Crippen LogP) is 2.88. The van der Waals surface area contributed by atoms with Crippen molar-refractivity contribution < 1.29 is 4.79 Å². The van der Waals surface area contributed by atoms with Gasteiger partial charge in [0.25, 0.3) is 0 Å². The Balaban J connectivity index is 2.24. The van der Waals surface area contributed by atoms with Crippen molar-refractivity contribution in [3.05, 3.63) is 29.8 Å². The molecule has 104 valence electrons. The first-order valence-electron chi connectivity index (χ1n) is 7.20. The second kappa shape index (κ2) is 5.74. The molecule has 2 rings (SSSR count). The predicted molar refractivity (Wildman–Crippen MR) is 79.5 cm³/mol. The molecule has 1 aliphatic heterocycles. The average molecular weight is 260 g/mol. The van der Waals surface area contributed by atoms with Crippen LogP contribution in [0.2, 0.25) is 0 Å². The first-order valence-corrected chi connectivity index (χ1v) is 7.20. The van der Waals surface area contributed by atoms with Crippen LogP contribution in [0.1, 0.15) is 38.7 Å². The van der Waals surface area contributed by atoms with E-state index in [9.17, 15) is 4.79 Å². The van der Waals surface area contributed by atoms with Crippen LogP contribution in [0, 0.1) is 6.92 Å². The average Bonchev–Trinajstić information content (AvgIpc) is 2.40. The number of likely N-dealkylation sites (N-methyl/N-ethyl adjacent to an activating group) is 1. The molecule has 0 saturated carbocycles. The van der Waals surface area contributed by atoms with Crippen LogP contribution in [0.4, 0.5) is 5.69 Å². The molecule has 1 amide bonds. The SMILES string of the molecule is CCN(C(=O)C1(C)CCCCN1)c1cccc(C)c1. The van der Waals surface area contributed by atoms with Crippen LogP contribution in [0.5, 0.6) is 0 Å². The standard InChI is InChI=1S/C16H24N2O/c1-4-18(14-9-7-8-13(2)12-14)15(19)16(3)10-5-6-11-17-16/h7-9,12,17H,4-6,10-11H2,1-3H3. The second-order valence-corrected chi connectivity index (χ2v) is 5.60. The smallest absolute Gasteiger partial charge is 0.246 e. The lowest BCUT2D eigenvalue weighted by Gasteiger charge is -2.37. The zero-order valence-electron chi connectivity index (χ0n) is 12.2. The molecule has 1 fully saturated rings. The Kier molecular flexibility index (Phi) is 4.25. The number of aryl methyl sites for hydroxylation is 1. The minimum atomic E-state index is -0.405. The summed E-state index contributed by atoms with van der Waals surface area (Å²) in [7, 11) is 0. The molecule has 3 nitrogen and oxygen atoms in total. The van der Waals surface area contributed by atoms with Crippen molar-refractivity contribution in [1.29, 1.82) is 0 Å². The van der Waals surface area contributed by atoms with Crippen molar-refractivity contribution in [2.45, 2.75) is 45.6 Å². The number of rotatable bonds is 3. The second-order valence-electron chi connectivity index (χ2n) is 5.60. The molecule has 1 aromatic rings. The van der Waals surface area contributed by atoms with Crippen LogP contribution in [0.15, 0.2) is 24.3 Å². The van der Waals surface area contributed by atoms with Crippen molar-refractivity contribution >= 4 is 11.6 Å². The Hall–Kier alpha value is -1.35.